The number of urea groups is 1. The van der Waals surface area contributed by atoms with Crippen molar-refractivity contribution < 1.29 is 18.0 Å². The summed E-state index contributed by atoms with van der Waals surface area (Å²) in [6.45, 7) is 3.95. The number of pyridine rings is 2. The topological polar surface area (TPSA) is 86.9 Å². The van der Waals surface area contributed by atoms with E-state index in [1.165, 1.54) is 12.1 Å². The lowest BCUT2D eigenvalue weighted by molar-refractivity contribution is -0.141. The molecule has 0 bridgehead atoms. The van der Waals surface area contributed by atoms with Gasteiger partial charge in [-0.1, -0.05) is 44.2 Å². The smallest absolute Gasteiger partial charge is 0.334 e. The lowest BCUT2D eigenvalue weighted by Gasteiger charge is -2.15. The average molecular weight is 480 g/mol. The van der Waals surface area contributed by atoms with Gasteiger partial charge in [-0.25, -0.2) is 9.78 Å². The van der Waals surface area contributed by atoms with E-state index in [2.05, 4.69) is 20.6 Å². The van der Waals surface area contributed by atoms with E-state index in [0.29, 0.717) is 27.7 Å². The zero-order valence-corrected chi connectivity index (χ0v) is 19.0. The molecule has 180 valence electrons. The standard InChI is InChI=1S/C26H23F3N4O2/c1-15(2)16-5-3-6-17(13-16)24-18(9-11-22(33-24)26(27,28)29)14-30-25(35)32-21-8-4-7-20-19(21)10-12-23(34)31-20/h3-13,15H,14H2,1-2H3,(H,31,34)(H2,30,32,35). The number of carbonyl (C=O) groups excluding carboxylic acids is 1. The molecule has 0 atom stereocenters. The molecule has 0 spiro atoms. The first-order chi connectivity index (χ1) is 16.6. The highest BCUT2D eigenvalue weighted by Gasteiger charge is 2.33. The van der Waals surface area contributed by atoms with Crippen LogP contribution in [-0.2, 0) is 12.7 Å². The predicted molar refractivity (Wildman–Crippen MR) is 129 cm³/mol. The van der Waals surface area contributed by atoms with E-state index in [0.717, 1.165) is 11.6 Å². The SMILES string of the molecule is CC(C)c1cccc(-c2nc(C(F)(F)F)ccc2CNC(=O)Nc2cccc3[nH]c(=O)ccc23)c1. The van der Waals surface area contributed by atoms with Crippen molar-refractivity contribution in [1.82, 2.24) is 15.3 Å². The summed E-state index contributed by atoms with van der Waals surface area (Å²) in [4.78, 5) is 30.7. The van der Waals surface area contributed by atoms with E-state index in [-0.39, 0.29) is 23.7 Å². The van der Waals surface area contributed by atoms with Crippen molar-refractivity contribution in [3.05, 3.63) is 93.9 Å². The Bertz CT molecular complexity index is 1440. The first-order valence-corrected chi connectivity index (χ1v) is 11.0. The van der Waals surface area contributed by atoms with E-state index in [1.54, 1.807) is 36.4 Å². The molecule has 2 heterocycles. The van der Waals surface area contributed by atoms with Gasteiger partial charge in [-0.3, -0.25) is 4.79 Å². The summed E-state index contributed by atoms with van der Waals surface area (Å²) < 4.78 is 40.1. The quantitative estimate of drug-likeness (QED) is 0.325. The van der Waals surface area contributed by atoms with Gasteiger partial charge >= 0.3 is 12.2 Å². The number of hydrogen-bond acceptors (Lipinski definition) is 3. The predicted octanol–water partition coefficient (Wildman–Crippen LogP) is 6.05. The molecule has 0 aliphatic heterocycles. The fourth-order valence-corrected chi connectivity index (χ4v) is 3.72. The van der Waals surface area contributed by atoms with Crippen LogP contribution in [-0.4, -0.2) is 16.0 Å². The Balaban J connectivity index is 1.60. The summed E-state index contributed by atoms with van der Waals surface area (Å²) in [6.07, 6.45) is -4.59. The minimum absolute atomic E-state index is 0.0419. The second-order valence-electron chi connectivity index (χ2n) is 8.38. The highest BCUT2D eigenvalue weighted by molar-refractivity contribution is 6.00. The lowest BCUT2D eigenvalue weighted by Crippen LogP contribution is -2.28. The number of H-pyrrole nitrogens is 1. The maximum atomic E-state index is 13.4. The van der Waals surface area contributed by atoms with Gasteiger partial charge in [-0.2, -0.15) is 13.2 Å². The van der Waals surface area contributed by atoms with E-state index in [1.807, 2.05) is 26.0 Å². The molecule has 2 amide bonds. The van der Waals surface area contributed by atoms with Crippen molar-refractivity contribution in [2.75, 3.05) is 5.32 Å². The van der Waals surface area contributed by atoms with Crippen molar-refractivity contribution in [3.8, 4) is 11.3 Å². The molecule has 0 aliphatic rings. The number of carbonyl (C=O) groups is 1. The number of aromatic amines is 1. The Labute approximate surface area is 199 Å². The fraction of sp³-hybridized carbons (Fsp3) is 0.192. The molecule has 3 N–H and O–H groups in total. The van der Waals surface area contributed by atoms with Crippen molar-refractivity contribution in [2.24, 2.45) is 0 Å². The number of amides is 2. The summed E-state index contributed by atoms with van der Waals surface area (Å²) in [5.41, 5.74) is 1.89. The molecular formula is C26H23F3N4O2. The van der Waals surface area contributed by atoms with Crippen molar-refractivity contribution >= 4 is 22.6 Å². The highest BCUT2D eigenvalue weighted by Crippen LogP contribution is 2.32. The molecule has 6 nitrogen and oxygen atoms in total. The zero-order chi connectivity index (χ0) is 25.2. The molecule has 0 aliphatic carbocycles. The van der Waals surface area contributed by atoms with Crippen LogP contribution < -0.4 is 16.2 Å². The number of alkyl halides is 3. The van der Waals surface area contributed by atoms with Crippen LogP contribution >= 0.6 is 0 Å². The Kier molecular flexibility index (Phi) is 6.59. The monoisotopic (exact) mass is 480 g/mol. The van der Waals surface area contributed by atoms with Crippen molar-refractivity contribution in [2.45, 2.75) is 32.5 Å². The number of halogens is 3. The lowest BCUT2D eigenvalue weighted by atomic mass is 9.97. The minimum atomic E-state index is -4.59. The summed E-state index contributed by atoms with van der Waals surface area (Å²) in [5, 5.41) is 6.05. The van der Waals surface area contributed by atoms with E-state index >= 15 is 0 Å². The number of benzene rings is 2. The Hall–Kier alpha value is -4.14. The Morgan fingerprint density at radius 3 is 2.54 bits per heavy atom. The van der Waals surface area contributed by atoms with Crippen LogP contribution in [0, 0.1) is 0 Å². The number of nitrogens with zero attached hydrogens (tertiary/aromatic N) is 1. The number of fused-ring (bicyclic) bond motifs is 1. The van der Waals surface area contributed by atoms with Crippen LogP contribution in [0.5, 0.6) is 0 Å². The van der Waals surface area contributed by atoms with E-state index in [4.69, 9.17) is 0 Å². The maximum absolute atomic E-state index is 13.4. The minimum Gasteiger partial charge on any atom is -0.334 e. The molecule has 2 aromatic carbocycles. The van der Waals surface area contributed by atoms with Gasteiger partial charge in [0.25, 0.3) is 0 Å². The molecule has 4 rings (SSSR count). The summed E-state index contributed by atoms with van der Waals surface area (Å²) in [7, 11) is 0. The van der Waals surface area contributed by atoms with Gasteiger partial charge < -0.3 is 15.6 Å². The van der Waals surface area contributed by atoms with Crippen LogP contribution in [0.25, 0.3) is 22.2 Å². The molecular weight excluding hydrogens is 457 g/mol. The van der Waals surface area contributed by atoms with Crippen LogP contribution in [0.4, 0.5) is 23.7 Å². The summed E-state index contributed by atoms with van der Waals surface area (Å²) in [6, 6.07) is 16.9. The third-order valence-electron chi connectivity index (χ3n) is 5.55. The fourth-order valence-electron chi connectivity index (χ4n) is 3.72. The molecule has 0 unspecified atom stereocenters. The van der Waals surface area contributed by atoms with E-state index < -0.39 is 17.9 Å². The van der Waals surface area contributed by atoms with Gasteiger partial charge in [0, 0.05) is 23.6 Å². The first-order valence-electron chi connectivity index (χ1n) is 11.0. The largest absolute Gasteiger partial charge is 0.433 e. The van der Waals surface area contributed by atoms with Crippen LogP contribution in [0.3, 0.4) is 0 Å². The second-order valence-corrected chi connectivity index (χ2v) is 8.38. The third-order valence-corrected chi connectivity index (χ3v) is 5.55. The first kappa shape index (κ1) is 24.0. The maximum Gasteiger partial charge on any atom is 0.433 e. The molecule has 0 saturated heterocycles. The van der Waals surface area contributed by atoms with Gasteiger partial charge in [-0.15, -0.1) is 0 Å². The van der Waals surface area contributed by atoms with Gasteiger partial charge in [-0.05, 0) is 47.4 Å². The van der Waals surface area contributed by atoms with Crippen LogP contribution in [0.1, 0.15) is 36.6 Å². The second kappa shape index (κ2) is 9.61. The molecule has 2 aromatic heterocycles. The zero-order valence-electron chi connectivity index (χ0n) is 19.0. The van der Waals surface area contributed by atoms with Crippen molar-refractivity contribution in [3.63, 3.8) is 0 Å². The number of anilines is 1. The van der Waals surface area contributed by atoms with Gasteiger partial charge in [0.05, 0.1) is 16.9 Å². The summed E-state index contributed by atoms with van der Waals surface area (Å²) >= 11 is 0. The number of nitrogens with one attached hydrogen (secondary N) is 3. The normalized spacial score (nSPS) is 11.6. The number of rotatable bonds is 5. The van der Waals surface area contributed by atoms with Crippen LogP contribution in [0.2, 0.25) is 0 Å². The van der Waals surface area contributed by atoms with Gasteiger partial charge in [0.15, 0.2) is 0 Å². The molecule has 9 heteroatoms. The van der Waals surface area contributed by atoms with Crippen LogP contribution in [0.15, 0.2) is 71.5 Å². The van der Waals surface area contributed by atoms with E-state index in [9.17, 15) is 22.8 Å². The molecule has 35 heavy (non-hydrogen) atoms. The Morgan fingerprint density at radius 1 is 1.03 bits per heavy atom. The number of hydrogen-bond donors (Lipinski definition) is 3. The number of aromatic nitrogens is 2. The van der Waals surface area contributed by atoms with Crippen molar-refractivity contribution in [1.29, 1.82) is 0 Å². The van der Waals surface area contributed by atoms with Gasteiger partial charge in [0.2, 0.25) is 5.56 Å². The Morgan fingerprint density at radius 2 is 1.80 bits per heavy atom. The highest BCUT2D eigenvalue weighted by atomic mass is 19.4. The molecule has 4 aromatic rings. The average Bonchev–Trinajstić information content (AvgIpc) is 2.82. The molecule has 0 saturated carbocycles. The molecule has 0 fully saturated rings. The summed E-state index contributed by atoms with van der Waals surface area (Å²) in [5.74, 6) is 0.184. The molecule has 0 radical (unpaired) electrons. The van der Waals surface area contributed by atoms with Gasteiger partial charge in [0.1, 0.15) is 5.69 Å². The third kappa shape index (κ3) is 5.51.